The first-order chi connectivity index (χ1) is 6.72. The first-order valence-corrected chi connectivity index (χ1v) is 6.72. The fourth-order valence-electron chi connectivity index (χ4n) is 3.25. The number of unbranched alkanes of at least 4 members (excludes halogenated alkanes) is 2. The van der Waals surface area contributed by atoms with Crippen molar-refractivity contribution in [3.8, 4) is 0 Å². The SMILES string of the molecule is CCCCCC1C(C)C1C(C)CCC. The van der Waals surface area contributed by atoms with E-state index in [9.17, 15) is 0 Å². The van der Waals surface area contributed by atoms with E-state index in [1.54, 1.807) is 0 Å². The zero-order valence-electron chi connectivity index (χ0n) is 10.6. The van der Waals surface area contributed by atoms with Crippen LogP contribution in [0.3, 0.4) is 0 Å². The molecule has 0 aromatic carbocycles. The second-order valence-corrected chi connectivity index (χ2v) is 5.36. The van der Waals surface area contributed by atoms with Crippen LogP contribution in [0.2, 0.25) is 0 Å². The van der Waals surface area contributed by atoms with Gasteiger partial charge in [-0.15, -0.1) is 0 Å². The van der Waals surface area contributed by atoms with E-state index in [-0.39, 0.29) is 0 Å². The molecule has 0 aromatic rings. The van der Waals surface area contributed by atoms with Gasteiger partial charge in [-0.2, -0.15) is 0 Å². The number of hydrogen-bond donors (Lipinski definition) is 0. The summed E-state index contributed by atoms with van der Waals surface area (Å²) < 4.78 is 0. The standard InChI is InChI=1S/C14H28/c1-5-7-8-10-13-12(4)14(13)11(3)9-6-2/h11-14H,5-10H2,1-4H3. The maximum atomic E-state index is 2.47. The average molecular weight is 196 g/mol. The third-order valence-corrected chi connectivity index (χ3v) is 4.18. The highest BCUT2D eigenvalue weighted by atomic mass is 14.5. The lowest BCUT2D eigenvalue weighted by atomic mass is 9.97. The topological polar surface area (TPSA) is 0 Å². The Morgan fingerprint density at radius 2 is 1.79 bits per heavy atom. The summed E-state index contributed by atoms with van der Waals surface area (Å²) in [6, 6.07) is 0. The van der Waals surface area contributed by atoms with Gasteiger partial charge in [0.05, 0.1) is 0 Å². The first-order valence-electron chi connectivity index (χ1n) is 6.72. The molecule has 0 aliphatic heterocycles. The summed E-state index contributed by atoms with van der Waals surface area (Å²) in [6.07, 6.45) is 8.61. The van der Waals surface area contributed by atoms with Crippen molar-refractivity contribution in [2.45, 2.75) is 66.2 Å². The molecule has 0 saturated heterocycles. The van der Waals surface area contributed by atoms with Gasteiger partial charge in [0, 0.05) is 0 Å². The van der Waals surface area contributed by atoms with Gasteiger partial charge in [0.2, 0.25) is 0 Å². The lowest BCUT2D eigenvalue weighted by molar-refractivity contribution is 0.419. The van der Waals surface area contributed by atoms with Crippen LogP contribution >= 0.6 is 0 Å². The molecule has 0 nitrogen and oxygen atoms in total. The molecule has 1 aliphatic rings. The summed E-state index contributed by atoms with van der Waals surface area (Å²) >= 11 is 0. The van der Waals surface area contributed by atoms with Gasteiger partial charge in [0.1, 0.15) is 0 Å². The van der Waals surface area contributed by atoms with Crippen LogP contribution in [-0.2, 0) is 0 Å². The van der Waals surface area contributed by atoms with Crippen LogP contribution in [-0.4, -0.2) is 0 Å². The van der Waals surface area contributed by atoms with E-state index in [1.165, 1.54) is 38.5 Å². The van der Waals surface area contributed by atoms with Crippen molar-refractivity contribution in [3.05, 3.63) is 0 Å². The van der Waals surface area contributed by atoms with Gasteiger partial charge < -0.3 is 0 Å². The average Bonchev–Trinajstić information content (AvgIpc) is 2.78. The Kier molecular flexibility index (Phi) is 4.98. The second-order valence-electron chi connectivity index (χ2n) is 5.36. The predicted octanol–water partition coefficient (Wildman–Crippen LogP) is 4.89. The van der Waals surface area contributed by atoms with E-state index < -0.39 is 0 Å². The van der Waals surface area contributed by atoms with Crippen LogP contribution < -0.4 is 0 Å². The molecular formula is C14H28. The zero-order chi connectivity index (χ0) is 10.6. The van der Waals surface area contributed by atoms with Crippen LogP contribution in [0.1, 0.15) is 66.2 Å². The predicted molar refractivity (Wildman–Crippen MR) is 64.4 cm³/mol. The van der Waals surface area contributed by atoms with E-state index >= 15 is 0 Å². The molecule has 1 rings (SSSR count). The molecule has 0 amide bonds. The van der Waals surface area contributed by atoms with E-state index in [1.807, 2.05) is 0 Å². The molecule has 0 heterocycles. The Morgan fingerprint density at radius 1 is 1.07 bits per heavy atom. The third-order valence-electron chi connectivity index (χ3n) is 4.18. The molecule has 0 bridgehead atoms. The van der Waals surface area contributed by atoms with Gasteiger partial charge >= 0.3 is 0 Å². The van der Waals surface area contributed by atoms with Crippen LogP contribution in [0.25, 0.3) is 0 Å². The molecule has 0 spiro atoms. The minimum absolute atomic E-state index is 0.988. The molecule has 1 saturated carbocycles. The van der Waals surface area contributed by atoms with Crippen LogP contribution in [0, 0.1) is 23.7 Å². The summed E-state index contributed by atoms with van der Waals surface area (Å²) in [6.45, 7) is 9.54. The van der Waals surface area contributed by atoms with E-state index in [4.69, 9.17) is 0 Å². The Bertz CT molecular complexity index is 150. The molecule has 0 radical (unpaired) electrons. The van der Waals surface area contributed by atoms with Crippen molar-refractivity contribution in [2.75, 3.05) is 0 Å². The summed E-state index contributed by atoms with van der Waals surface area (Å²) in [5.41, 5.74) is 0. The second kappa shape index (κ2) is 5.78. The fraction of sp³-hybridized carbons (Fsp3) is 1.00. The first kappa shape index (κ1) is 12.1. The lowest BCUT2D eigenvalue weighted by Gasteiger charge is -2.09. The van der Waals surface area contributed by atoms with Crippen molar-refractivity contribution in [1.82, 2.24) is 0 Å². The van der Waals surface area contributed by atoms with Crippen molar-refractivity contribution < 1.29 is 0 Å². The largest absolute Gasteiger partial charge is 0.0654 e. The third kappa shape index (κ3) is 3.00. The molecular weight excluding hydrogens is 168 g/mol. The van der Waals surface area contributed by atoms with Crippen LogP contribution in [0.5, 0.6) is 0 Å². The van der Waals surface area contributed by atoms with Crippen molar-refractivity contribution >= 4 is 0 Å². The number of hydrogen-bond acceptors (Lipinski definition) is 0. The lowest BCUT2D eigenvalue weighted by Crippen LogP contribution is -1.99. The van der Waals surface area contributed by atoms with Crippen molar-refractivity contribution in [2.24, 2.45) is 23.7 Å². The van der Waals surface area contributed by atoms with E-state index in [2.05, 4.69) is 27.7 Å². The van der Waals surface area contributed by atoms with Crippen LogP contribution in [0.4, 0.5) is 0 Å². The quantitative estimate of drug-likeness (QED) is 0.509. The molecule has 1 fully saturated rings. The molecule has 4 atom stereocenters. The van der Waals surface area contributed by atoms with Gasteiger partial charge in [-0.1, -0.05) is 59.8 Å². The van der Waals surface area contributed by atoms with Gasteiger partial charge in [-0.25, -0.2) is 0 Å². The van der Waals surface area contributed by atoms with Crippen molar-refractivity contribution in [3.63, 3.8) is 0 Å². The maximum Gasteiger partial charge on any atom is -0.0329 e. The molecule has 84 valence electrons. The summed E-state index contributed by atoms with van der Waals surface area (Å²) in [4.78, 5) is 0. The molecule has 4 unspecified atom stereocenters. The Balaban J connectivity index is 2.16. The highest BCUT2D eigenvalue weighted by Crippen LogP contribution is 2.54. The Hall–Kier alpha value is 0. The van der Waals surface area contributed by atoms with Gasteiger partial charge in [0.15, 0.2) is 0 Å². The fourth-order valence-corrected chi connectivity index (χ4v) is 3.25. The highest BCUT2D eigenvalue weighted by Gasteiger charge is 2.47. The molecule has 1 aliphatic carbocycles. The molecule has 14 heavy (non-hydrogen) atoms. The van der Waals surface area contributed by atoms with Gasteiger partial charge in [-0.3, -0.25) is 0 Å². The highest BCUT2D eigenvalue weighted by molar-refractivity contribution is 4.96. The Morgan fingerprint density at radius 3 is 2.36 bits per heavy atom. The van der Waals surface area contributed by atoms with Gasteiger partial charge in [-0.05, 0) is 30.1 Å². The normalized spacial score (nSPS) is 33.0. The van der Waals surface area contributed by atoms with E-state index in [0.29, 0.717) is 0 Å². The Labute approximate surface area is 90.5 Å². The van der Waals surface area contributed by atoms with Crippen LogP contribution in [0.15, 0.2) is 0 Å². The molecule has 0 aromatic heterocycles. The minimum atomic E-state index is 0.988. The van der Waals surface area contributed by atoms with Gasteiger partial charge in [0.25, 0.3) is 0 Å². The maximum absolute atomic E-state index is 2.47. The number of rotatable bonds is 7. The smallest absolute Gasteiger partial charge is 0.0329 e. The monoisotopic (exact) mass is 196 g/mol. The van der Waals surface area contributed by atoms with Crippen molar-refractivity contribution in [1.29, 1.82) is 0 Å². The minimum Gasteiger partial charge on any atom is -0.0654 e. The molecule has 0 N–H and O–H groups in total. The summed E-state index contributed by atoms with van der Waals surface area (Å²) in [5, 5.41) is 0. The molecule has 0 heteroatoms. The zero-order valence-corrected chi connectivity index (χ0v) is 10.6. The summed E-state index contributed by atoms with van der Waals surface area (Å²) in [5.74, 6) is 4.19. The van der Waals surface area contributed by atoms with E-state index in [0.717, 1.165) is 23.7 Å². The summed E-state index contributed by atoms with van der Waals surface area (Å²) in [7, 11) is 0.